The van der Waals surface area contributed by atoms with Crippen molar-refractivity contribution in [3.05, 3.63) is 63.8 Å². The Morgan fingerprint density at radius 2 is 1.87 bits per heavy atom. The summed E-state index contributed by atoms with van der Waals surface area (Å²) in [7, 11) is 1.44. The number of rotatable bonds is 5. The molecule has 1 aliphatic heterocycles. The predicted molar refractivity (Wildman–Crippen MR) is 120 cm³/mol. The molecule has 0 bridgehead atoms. The quantitative estimate of drug-likeness (QED) is 0.357. The summed E-state index contributed by atoms with van der Waals surface area (Å²) >= 11 is 6.27. The van der Waals surface area contributed by atoms with Crippen molar-refractivity contribution in [3.63, 3.8) is 0 Å². The average Bonchev–Trinajstić information content (AvgIpc) is 3.09. The summed E-state index contributed by atoms with van der Waals surface area (Å²) in [4.78, 5) is 28.3. The molecule has 0 radical (unpaired) electrons. The van der Waals surface area contributed by atoms with Crippen molar-refractivity contribution in [1.82, 2.24) is 0 Å². The van der Waals surface area contributed by atoms with Gasteiger partial charge in [-0.15, -0.1) is 0 Å². The van der Waals surface area contributed by atoms with E-state index >= 15 is 0 Å². The molecule has 6 nitrogen and oxygen atoms in total. The van der Waals surface area contributed by atoms with Crippen LogP contribution in [-0.4, -0.2) is 24.9 Å². The van der Waals surface area contributed by atoms with E-state index in [1.807, 2.05) is 24.3 Å². The Kier molecular flexibility index (Phi) is 6.51. The van der Waals surface area contributed by atoms with Crippen LogP contribution in [0.4, 0.5) is 0 Å². The zero-order valence-corrected chi connectivity index (χ0v) is 18.9. The van der Waals surface area contributed by atoms with Crippen LogP contribution in [0.5, 0.6) is 11.5 Å². The van der Waals surface area contributed by atoms with Crippen LogP contribution < -0.4 is 9.47 Å². The first-order chi connectivity index (χ1) is 14.6. The fraction of sp³-hybridized carbons (Fsp3) is 0.292. The molecule has 0 spiro atoms. The molecule has 7 heteroatoms. The van der Waals surface area contributed by atoms with Gasteiger partial charge in [0.25, 0.3) is 0 Å². The van der Waals surface area contributed by atoms with Gasteiger partial charge in [0.2, 0.25) is 5.90 Å². The van der Waals surface area contributed by atoms with Gasteiger partial charge in [-0.1, -0.05) is 51.4 Å². The highest BCUT2D eigenvalue weighted by molar-refractivity contribution is 6.32. The second-order valence-corrected chi connectivity index (χ2v) is 8.43. The lowest BCUT2D eigenvalue weighted by Crippen LogP contribution is -2.11. The van der Waals surface area contributed by atoms with Crippen molar-refractivity contribution < 1.29 is 23.8 Å². The number of carbonyl (C=O) groups excluding carboxylic acids is 2. The highest BCUT2D eigenvalue weighted by Crippen LogP contribution is 2.37. The second-order valence-electron chi connectivity index (χ2n) is 8.03. The molecule has 2 aromatic carbocycles. The molecule has 162 valence electrons. The van der Waals surface area contributed by atoms with Gasteiger partial charge in [-0.25, -0.2) is 9.79 Å². The number of carbonyl (C=O) groups is 2. The molecule has 0 fully saturated rings. The van der Waals surface area contributed by atoms with Crippen molar-refractivity contribution >= 4 is 35.5 Å². The van der Waals surface area contributed by atoms with Crippen LogP contribution in [-0.2, 0) is 19.7 Å². The Morgan fingerprint density at radius 1 is 1.19 bits per heavy atom. The number of aliphatic imine (C=N–C) groups is 1. The van der Waals surface area contributed by atoms with Crippen molar-refractivity contribution in [2.75, 3.05) is 7.11 Å². The van der Waals surface area contributed by atoms with Gasteiger partial charge in [0.05, 0.1) is 12.1 Å². The number of benzene rings is 2. The number of esters is 2. The standard InChI is InChI=1S/C24H24ClNO5/c1-6-20(27)30-21-17(25)11-14(13-19(21)29-5)12-18-23(28)31-22(26-18)15-7-9-16(10-8-15)24(2,3)4/h7-13H,6H2,1-5H3/b18-12+. The number of methoxy groups -OCH3 is 1. The van der Waals surface area contributed by atoms with Gasteiger partial charge >= 0.3 is 11.9 Å². The molecule has 0 aromatic heterocycles. The van der Waals surface area contributed by atoms with Crippen LogP contribution in [0, 0.1) is 0 Å². The minimum atomic E-state index is -0.563. The van der Waals surface area contributed by atoms with Crippen LogP contribution in [0.2, 0.25) is 5.02 Å². The maximum Gasteiger partial charge on any atom is 0.363 e. The molecule has 0 N–H and O–H groups in total. The molecule has 2 aromatic rings. The fourth-order valence-corrected chi connectivity index (χ4v) is 3.17. The summed E-state index contributed by atoms with van der Waals surface area (Å²) in [6.45, 7) is 8.07. The Balaban J connectivity index is 1.91. The van der Waals surface area contributed by atoms with Crippen LogP contribution in [0.25, 0.3) is 6.08 Å². The van der Waals surface area contributed by atoms with Crippen molar-refractivity contribution in [2.24, 2.45) is 4.99 Å². The van der Waals surface area contributed by atoms with E-state index < -0.39 is 11.9 Å². The summed E-state index contributed by atoms with van der Waals surface area (Å²) in [6, 6.07) is 10.9. The van der Waals surface area contributed by atoms with Crippen LogP contribution in [0.1, 0.15) is 50.8 Å². The highest BCUT2D eigenvalue weighted by atomic mass is 35.5. The number of nitrogens with zero attached hydrogens (tertiary/aromatic N) is 1. The van der Waals surface area contributed by atoms with Crippen LogP contribution in [0.15, 0.2) is 47.1 Å². The molecule has 0 saturated heterocycles. The summed E-state index contributed by atoms with van der Waals surface area (Å²) in [5.74, 6) is -0.350. The molecule has 0 unspecified atom stereocenters. The third-order valence-corrected chi connectivity index (χ3v) is 4.96. The van der Waals surface area contributed by atoms with Gasteiger partial charge in [0.15, 0.2) is 17.2 Å². The topological polar surface area (TPSA) is 74.2 Å². The van der Waals surface area contributed by atoms with E-state index in [-0.39, 0.29) is 40.0 Å². The van der Waals surface area contributed by atoms with E-state index in [4.69, 9.17) is 25.8 Å². The summed E-state index contributed by atoms with van der Waals surface area (Å²) in [5.41, 5.74) is 2.59. The molecular weight excluding hydrogens is 418 g/mol. The lowest BCUT2D eigenvalue weighted by Gasteiger charge is -2.18. The lowest BCUT2D eigenvalue weighted by molar-refractivity contribution is -0.134. The van der Waals surface area contributed by atoms with E-state index in [9.17, 15) is 9.59 Å². The van der Waals surface area contributed by atoms with Gasteiger partial charge in [0, 0.05) is 12.0 Å². The maximum atomic E-state index is 12.3. The molecule has 0 saturated carbocycles. The molecule has 1 heterocycles. The molecular formula is C24H24ClNO5. The van der Waals surface area contributed by atoms with Crippen molar-refractivity contribution in [2.45, 2.75) is 39.5 Å². The summed E-state index contributed by atoms with van der Waals surface area (Å²) < 4.78 is 15.9. The third kappa shape index (κ3) is 5.14. The Morgan fingerprint density at radius 3 is 2.45 bits per heavy atom. The Hall–Kier alpha value is -3.12. The molecule has 31 heavy (non-hydrogen) atoms. The van der Waals surface area contributed by atoms with Gasteiger partial charge in [-0.05, 0) is 46.9 Å². The maximum absolute atomic E-state index is 12.3. The smallest absolute Gasteiger partial charge is 0.363 e. The largest absolute Gasteiger partial charge is 0.493 e. The van der Waals surface area contributed by atoms with Crippen LogP contribution in [0.3, 0.4) is 0 Å². The minimum absolute atomic E-state index is 0.0215. The number of cyclic esters (lactones) is 1. The van der Waals surface area contributed by atoms with Gasteiger partial charge in [-0.2, -0.15) is 0 Å². The SMILES string of the molecule is CCC(=O)Oc1c(Cl)cc(/C=C2/N=C(c3ccc(C(C)(C)C)cc3)OC2=O)cc1OC. The van der Waals surface area contributed by atoms with E-state index in [0.717, 1.165) is 0 Å². The third-order valence-electron chi connectivity index (χ3n) is 4.68. The van der Waals surface area contributed by atoms with E-state index in [0.29, 0.717) is 11.1 Å². The predicted octanol–water partition coefficient (Wildman–Crippen LogP) is 5.31. The second kappa shape index (κ2) is 8.94. The first kappa shape index (κ1) is 22.6. The average molecular weight is 442 g/mol. The number of hydrogen-bond donors (Lipinski definition) is 0. The minimum Gasteiger partial charge on any atom is -0.493 e. The molecule has 0 aliphatic carbocycles. The number of halogens is 1. The zero-order valence-electron chi connectivity index (χ0n) is 18.1. The monoisotopic (exact) mass is 441 g/mol. The molecule has 0 amide bonds. The van der Waals surface area contributed by atoms with Gasteiger partial charge < -0.3 is 14.2 Å². The lowest BCUT2D eigenvalue weighted by atomic mass is 9.87. The summed E-state index contributed by atoms with van der Waals surface area (Å²) in [6.07, 6.45) is 1.74. The summed E-state index contributed by atoms with van der Waals surface area (Å²) in [5, 5.41) is 0.182. The van der Waals surface area contributed by atoms with E-state index in [1.165, 1.54) is 12.7 Å². The molecule has 3 rings (SSSR count). The number of hydrogen-bond acceptors (Lipinski definition) is 6. The van der Waals surface area contributed by atoms with E-state index in [2.05, 4.69) is 25.8 Å². The van der Waals surface area contributed by atoms with Crippen molar-refractivity contribution in [1.29, 1.82) is 0 Å². The number of ether oxygens (including phenoxy) is 3. The highest BCUT2D eigenvalue weighted by Gasteiger charge is 2.25. The molecule has 1 aliphatic rings. The van der Waals surface area contributed by atoms with Crippen LogP contribution >= 0.6 is 11.6 Å². The molecule has 0 atom stereocenters. The van der Waals surface area contributed by atoms with E-state index in [1.54, 1.807) is 25.1 Å². The fourth-order valence-electron chi connectivity index (χ4n) is 2.91. The van der Waals surface area contributed by atoms with Gasteiger partial charge in [-0.3, -0.25) is 4.79 Å². The zero-order chi connectivity index (χ0) is 22.8. The Bertz CT molecular complexity index is 1080. The first-order valence-corrected chi connectivity index (χ1v) is 10.2. The van der Waals surface area contributed by atoms with Gasteiger partial charge in [0.1, 0.15) is 0 Å². The van der Waals surface area contributed by atoms with Crippen molar-refractivity contribution in [3.8, 4) is 11.5 Å². The first-order valence-electron chi connectivity index (χ1n) is 9.84. The Labute approximate surface area is 186 Å². The normalized spacial score (nSPS) is 15.0.